The predicted molar refractivity (Wildman–Crippen MR) is 80.1 cm³/mol. The Morgan fingerprint density at radius 1 is 1.00 bits per heavy atom. The zero-order valence-electron chi connectivity index (χ0n) is 11.6. The summed E-state index contributed by atoms with van der Waals surface area (Å²) in [5, 5.41) is 0. The van der Waals surface area contributed by atoms with Crippen molar-refractivity contribution in [1.29, 1.82) is 0 Å². The topological polar surface area (TPSA) is 17.1 Å². The van der Waals surface area contributed by atoms with Crippen molar-refractivity contribution in [2.24, 2.45) is 0 Å². The number of benzene rings is 2. The van der Waals surface area contributed by atoms with Crippen LogP contribution in [0.2, 0.25) is 0 Å². The minimum atomic E-state index is 0.138. The van der Waals surface area contributed by atoms with Crippen molar-refractivity contribution in [2.45, 2.75) is 38.0 Å². The highest BCUT2D eigenvalue weighted by molar-refractivity contribution is 5.90. The summed E-state index contributed by atoms with van der Waals surface area (Å²) >= 11 is 0. The fourth-order valence-electron chi connectivity index (χ4n) is 3.61. The van der Waals surface area contributed by atoms with Crippen LogP contribution in [0, 0.1) is 0 Å². The van der Waals surface area contributed by atoms with E-state index in [4.69, 9.17) is 0 Å². The largest absolute Gasteiger partial charge is 0.299 e. The maximum atomic E-state index is 12.5. The quantitative estimate of drug-likeness (QED) is 0.825. The number of carbonyl (C=O) groups is 1. The molecular formula is C19H18O. The molecule has 0 heterocycles. The summed E-state index contributed by atoms with van der Waals surface area (Å²) in [6, 6.07) is 14.9. The molecule has 0 N–H and O–H groups in total. The lowest BCUT2D eigenvalue weighted by atomic mass is 9.74. The van der Waals surface area contributed by atoms with Crippen LogP contribution in [0.1, 0.15) is 40.2 Å². The van der Waals surface area contributed by atoms with Gasteiger partial charge in [-0.25, -0.2) is 0 Å². The minimum Gasteiger partial charge on any atom is -0.299 e. The predicted octanol–water partition coefficient (Wildman–Crippen LogP) is 3.63. The first-order valence-corrected chi connectivity index (χ1v) is 7.52. The standard InChI is InChI=1S/C19H18O/c20-19(18-12-16-4-1-2-7-17(16)18)11-13-8-9-14-5-3-6-15(14)10-13/h1-2,4,7-10,18H,3,5-6,11-12H2. The Morgan fingerprint density at radius 3 is 2.75 bits per heavy atom. The molecule has 0 spiro atoms. The number of hydrogen-bond donors (Lipinski definition) is 0. The first-order valence-electron chi connectivity index (χ1n) is 7.52. The van der Waals surface area contributed by atoms with Crippen LogP contribution in [-0.2, 0) is 30.5 Å². The third kappa shape index (κ3) is 1.89. The van der Waals surface area contributed by atoms with Crippen molar-refractivity contribution in [1.82, 2.24) is 0 Å². The molecular weight excluding hydrogens is 244 g/mol. The highest BCUT2D eigenvalue weighted by Gasteiger charge is 2.31. The molecule has 0 amide bonds. The van der Waals surface area contributed by atoms with Crippen LogP contribution in [0.5, 0.6) is 0 Å². The number of fused-ring (bicyclic) bond motifs is 2. The molecule has 0 bridgehead atoms. The monoisotopic (exact) mass is 262 g/mol. The second-order valence-electron chi connectivity index (χ2n) is 6.06. The number of aryl methyl sites for hydroxylation is 2. The molecule has 2 aliphatic carbocycles. The second kappa shape index (κ2) is 4.59. The fourth-order valence-corrected chi connectivity index (χ4v) is 3.61. The van der Waals surface area contributed by atoms with Crippen LogP contribution >= 0.6 is 0 Å². The number of hydrogen-bond acceptors (Lipinski definition) is 1. The smallest absolute Gasteiger partial charge is 0.145 e. The number of rotatable bonds is 3. The summed E-state index contributed by atoms with van der Waals surface area (Å²) in [6.45, 7) is 0. The molecule has 0 saturated carbocycles. The van der Waals surface area contributed by atoms with Crippen LogP contribution in [0.15, 0.2) is 42.5 Å². The van der Waals surface area contributed by atoms with E-state index < -0.39 is 0 Å². The Hall–Kier alpha value is -1.89. The summed E-state index contributed by atoms with van der Waals surface area (Å²) in [6.07, 6.45) is 5.18. The Morgan fingerprint density at radius 2 is 1.85 bits per heavy atom. The van der Waals surface area contributed by atoms with Gasteiger partial charge >= 0.3 is 0 Å². The Kier molecular flexibility index (Phi) is 2.73. The number of Topliss-reactive ketones (excluding diaryl/α,β-unsaturated/α-hetero) is 1. The normalized spacial score (nSPS) is 19.1. The lowest BCUT2D eigenvalue weighted by Gasteiger charge is -2.28. The molecule has 4 rings (SSSR count). The lowest BCUT2D eigenvalue weighted by molar-refractivity contribution is -0.120. The van der Waals surface area contributed by atoms with E-state index in [1.165, 1.54) is 47.1 Å². The van der Waals surface area contributed by atoms with Crippen LogP contribution in [0.3, 0.4) is 0 Å². The molecule has 1 atom stereocenters. The van der Waals surface area contributed by atoms with E-state index in [2.05, 4.69) is 36.4 Å². The van der Waals surface area contributed by atoms with Gasteiger partial charge in [0.1, 0.15) is 5.78 Å². The third-order valence-electron chi connectivity index (χ3n) is 4.78. The lowest BCUT2D eigenvalue weighted by Crippen LogP contribution is -2.26. The Balaban J connectivity index is 1.52. The summed E-state index contributed by atoms with van der Waals surface area (Å²) in [4.78, 5) is 12.5. The van der Waals surface area contributed by atoms with E-state index in [1.807, 2.05) is 6.07 Å². The van der Waals surface area contributed by atoms with Crippen molar-refractivity contribution in [3.8, 4) is 0 Å². The number of ketones is 1. The highest BCUT2D eigenvalue weighted by atomic mass is 16.1. The van der Waals surface area contributed by atoms with Gasteiger partial charge in [0.25, 0.3) is 0 Å². The van der Waals surface area contributed by atoms with E-state index in [0.29, 0.717) is 12.2 Å². The van der Waals surface area contributed by atoms with Crippen molar-refractivity contribution in [2.75, 3.05) is 0 Å². The molecule has 0 radical (unpaired) electrons. The van der Waals surface area contributed by atoms with Gasteiger partial charge in [-0.2, -0.15) is 0 Å². The molecule has 0 saturated heterocycles. The van der Waals surface area contributed by atoms with E-state index in [1.54, 1.807) is 0 Å². The van der Waals surface area contributed by atoms with Gasteiger partial charge in [-0.15, -0.1) is 0 Å². The van der Waals surface area contributed by atoms with Gasteiger partial charge in [0.2, 0.25) is 0 Å². The van der Waals surface area contributed by atoms with E-state index in [-0.39, 0.29) is 5.92 Å². The maximum absolute atomic E-state index is 12.5. The van der Waals surface area contributed by atoms with Crippen molar-refractivity contribution < 1.29 is 4.79 Å². The molecule has 2 aromatic rings. The molecule has 1 unspecified atom stereocenters. The SMILES string of the molecule is O=C(Cc1ccc2c(c1)CCC2)C1Cc2ccccc21. The Bertz CT molecular complexity index is 684. The van der Waals surface area contributed by atoms with Crippen LogP contribution in [0.4, 0.5) is 0 Å². The van der Waals surface area contributed by atoms with Gasteiger partial charge in [-0.1, -0.05) is 42.5 Å². The van der Waals surface area contributed by atoms with E-state index >= 15 is 0 Å². The second-order valence-corrected chi connectivity index (χ2v) is 6.06. The molecule has 2 aliphatic rings. The zero-order chi connectivity index (χ0) is 13.5. The first kappa shape index (κ1) is 11.9. The summed E-state index contributed by atoms with van der Waals surface area (Å²) in [5.41, 5.74) is 6.73. The maximum Gasteiger partial charge on any atom is 0.145 e. The zero-order valence-corrected chi connectivity index (χ0v) is 11.6. The average molecular weight is 262 g/mol. The van der Waals surface area contributed by atoms with Gasteiger partial charge in [-0.3, -0.25) is 4.79 Å². The van der Waals surface area contributed by atoms with E-state index in [9.17, 15) is 4.79 Å². The van der Waals surface area contributed by atoms with Crippen molar-refractivity contribution >= 4 is 5.78 Å². The Labute approximate surface area is 119 Å². The van der Waals surface area contributed by atoms with E-state index in [0.717, 1.165) is 6.42 Å². The molecule has 100 valence electrons. The van der Waals surface area contributed by atoms with Gasteiger partial charge in [0.15, 0.2) is 0 Å². The summed E-state index contributed by atoms with van der Waals surface area (Å²) in [7, 11) is 0. The fraction of sp³-hybridized carbons (Fsp3) is 0.316. The molecule has 0 aromatic heterocycles. The summed E-state index contributed by atoms with van der Waals surface area (Å²) < 4.78 is 0. The van der Waals surface area contributed by atoms with Crippen molar-refractivity contribution in [3.05, 3.63) is 70.3 Å². The molecule has 2 aromatic carbocycles. The average Bonchev–Trinajstić information content (AvgIpc) is 2.87. The first-order chi connectivity index (χ1) is 9.81. The molecule has 0 aliphatic heterocycles. The van der Waals surface area contributed by atoms with Gasteiger partial charge in [0, 0.05) is 12.3 Å². The van der Waals surface area contributed by atoms with Crippen molar-refractivity contribution in [3.63, 3.8) is 0 Å². The van der Waals surface area contributed by atoms with Gasteiger partial charge in [-0.05, 0) is 53.5 Å². The van der Waals surface area contributed by atoms with Gasteiger partial charge in [0.05, 0.1) is 0 Å². The molecule has 0 fully saturated rings. The summed E-state index contributed by atoms with van der Waals surface area (Å²) in [5.74, 6) is 0.515. The highest BCUT2D eigenvalue weighted by Crippen LogP contribution is 2.36. The van der Waals surface area contributed by atoms with Gasteiger partial charge < -0.3 is 0 Å². The minimum absolute atomic E-state index is 0.138. The van der Waals surface area contributed by atoms with Crippen LogP contribution in [-0.4, -0.2) is 5.78 Å². The molecule has 1 heteroatoms. The third-order valence-corrected chi connectivity index (χ3v) is 4.78. The van der Waals surface area contributed by atoms with Crippen LogP contribution < -0.4 is 0 Å². The molecule has 20 heavy (non-hydrogen) atoms. The molecule has 1 nitrogen and oxygen atoms in total. The van der Waals surface area contributed by atoms with Crippen LogP contribution in [0.25, 0.3) is 0 Å². The number of carbonyl (C=O) groups excluding carboxylic acids is 1.